The second-order valence-electron chi connectivity index (χ2n) is 3.35. The van der Waals surface area contributed by atoms with Crippen molar-refractivity contribution >= 4 is 32.8 Å². The smallest absolute Gasteiger partial charge is 0.416 e. The number of amides is 1. The molecule has 0 aliphatic carbocycles. The first-order valence-electron chi connectivity index (χ1n) is 4.75. The lowest BCUT2D eigenvalue weighted by atomic mass is 10.3. The van der Waals surface area contributed by atoms with Crippen LogP contribution in [0.15, 0.2) is 30.5 Å². The zero-order valence-electron chi connectivity index (χ0n) is 8.99. The molecule has 2 aromatic rings. The molecule has 1 aromatic heterocycles. The van der Waals surface area contributed by atoms with Gasteiger partial charge in [-0.2, -0.15) is 0 Å². The first-order chi connectivity index (χ1) is 8.04. The van der Waals surface area contributed by atoms with Crippen molar-refractivity contribution in [3.05, 3.63) is 36.4 Å². The molecule has 0 aliphatic heterocycles. The number of carbonyl (C=O) groups is 1. The Morgan fingerprint density at radius 1 is 1.59 bits per heavy atom. The van der Waals surface area contributed by atoms with Crippen molar-refractivity contribution in [3.63, 3.8) is 0 Å². The predicted molar refractivity (Wildman–Crippen MR) is 64.5 cm³/mol. The SMILES string of the molecule is C=C(C)OC(=O)Nc1nc2ccc(F)cc2s1. The van der Waals surface area contributed by atoms with Crippen molar-refractivity contribution < 1.29 is 13.9 Å². The summed E-state index contributed by atoms with van der Waals surface area (Å²) in [6.45, 7) is 5.00. The molecular formula is C11H9FN2O2S. The minimum absolute atomic E-state index is 0.287. The maximum absolute atomic E-state index is 12.9. The van der Waals surface area contributed by atoms with E-state index in [1.54, 1.807) is 13.0 Å². The van der Waals surface area contributed by atoms with Crippen LogP contribution in [0.25, 0.3) is 10.2 Å². The van der Waals surface area contributed by atoms with Crippen molar-refractivity contribution in [1.29, 1.82) is 0 Å². The maximum Gasteiger partial charge on any atom is 0.418 e. The number of anilines is 1. The summed E-state index contributed by atoms with van der Waals surface area (Å²) in [4.78, 5) is 15.4. The lowest BCUT2D eigenvalue weighted by Crippen LogP contribution is -2.11. The monoisotopic (exact) mass is 252 g/mol. The summed E-state index contributed by atoms with van der Waals surface area (Å²) in [5.74, 6) is -0.0492. The Morgan fingerprint density at radius 2 is 2.35 bits per heavy atom. The van der Waals surface area contributed by atoms with Crippen molar-refractivity contribution in [1.82, 2.24) is 4.98 Å². The fourth-order valence-electron chi connectivity index (χ4n) is 1.22. The molecule has 0 fully saturated rings. The number of halogens is 1. The van der Waals surface area contributed by atoms with Gasteiger partial charge in [0.05, 0.1) is 16.0 Å². The topological polar surface area (TPSA) is 51.2 Å². The number of benzene rings is 1. The molecular weight excluding hydrogens is 243 g/mol. The molecule has 0 aliphatic rings. The zero-order chi connectivity index (χ0) is 12.4. The number of ether oxygens (including phenoxy) is 1. The van der Waals surface area contributed by atoms with E-state index in [9.17, 15) is 9.18 Å². The lowest BCUT2D eigenvalue weighted by Gasteiger charge is -2.01. The molecule has 6 heteroatoms. The Balaban J connectivity index is 2.19. The average molecular weight is 252 g/mol. The van der Waals surface area contributed by atoms with Crippen LogP contribution in [0.2, 0.25) is 0 Å². The highest BCUT2D eigenvalue weighted by atomic mass is 32.1. The van der Waals surface area contributed by atoms with Crippen molar-refractivity contribution in [2.75, 3.05) is 5.32 Å². The molecule has 0 bridgehead atoms. The number of allylic oxidation sites excluding steroid dienone is 1. The van der Waals surface area contributed by atoms with Crippen molar-refractivity contribution in [3.8, 4) is 0 Å². The van der Waals surface area contributed by atoms with Crippen LogP contribution < -0.4 is 5.32 Å². The number of hydrogen-bond donors (Lipinski definition) is 1. The Morgan fingerprint density at radius 3 is 3.06 bits per heavy atom. The lowest BCUT2D eigenvalue weighted by molar-refractivity contribution is 0.192. The normalized spacial score (nSPS) is 10.2. The van der Waals surface area contributed by atoms with E-state index in [-0.39, 0.29) is 11.6 Å². The number of hydrogen-bond acceptors (Lipinski definition) is 4. The van der Waals surface area contributed by atoms with E-state index >= 15 is 0 Å². The third kappa shape index (κ3) is 2.79. The third-order valence-electron chi connectivity index (χ3n) is 1.83. The summed E-state index contributed by atoms with van der Waals surface area (Å²) >= 11 is 1.17. The van der Waals surface area contributed by atoms with Crippen molar-refractivity contribution in [2.45, 2.75) is 6.92 Å². The van der Waals surface area contributed by atoms with Crippen molar-refractivity contribution in [2.24, 2.45) is 0 Å². The van der Waals surface area contributed by atoms with E-state index in [2.05, 4.69) is 16.9 Å². The Kier molecular flexibility index (Phi) is 3.06. The standard InChI is InChI=1S/C11H9FN2O2S/c1-6(2)16-11(15)14-10-13-8-4-3-7(12)5-9(8)17-10/h3-5H,1H2,2H3,(H,13,14,15). The predicted octanol–water partition coefficient (Wildman–Crippen LogP) is 3.52. The molecule has 0 radical (unpaired) electrons. The summed E-state index contributed by atoms with van der Waals surface area (Å²) in [6, 6.07) is 4.23. The third-order valence-corrected chi connectivity index (χ3v) is 2.76. The first-order valence-corrected chi connectivity index (χ1v) is 5.56. The Bertz CT molecular complexity index is 594. The van der Waals surface area contributed by atoms with Crippen LogP contribution in [-0.4, -0.2) is 11.1 Å². The van der Waals surface area contributed by atoms with Gasteiger partial charge in [-0.3, -0.25) is 5.32 Å². The number of thiazole rings is 1. The Labute approximate surface area is 101 Å². The second kappa shape index (κ2) is 4.50. The second-order valence-corrected chi connectivity index (χ2v) is 4.38. The highest BCUT2D eigenvalue weighted by molar-refractivity contribution is 7.22. The summed E-state index contributed by atoms with van der Waals surface area (Å²) in [5.41, 5.74) is 0.627. The van der Waals surface area contributed by atoms with Gasteiger partial charge >= 0.3 is 6.09 Å². The number of nitrogens with zero attached hydrogens (tertiary/aromatic N) is 1. The number of carbonyl (C=O) groups excluding carboxylic acids is 1. The first kappa shape index (κ1) is 11.5. The number of aromatic nitrogens is 1. The molecule has 1 amide bonds. The van der Waals surface area contributed by atoms with Gasteiger partial charge in [0.15, 0.2) is 5.13 Å². The van der Waals surface area contributed by atoms with Gasteiger partial charge in [0.1, 0.15) is 5.82 Å². The molecule has 1 N–H and O–H groups in total. The van der Waals surface area contributed by atoms with E-state index in [1.165, 1.54) is 23.5 Å². The van der Waals surface area contributed by atoms with E-state index in [4.69, 9.17) is 4.74 Å². The number of fused-ring (bicyclic) bond motifs is 1. The summed E-state index contributed by atoms with van der Waals surface area (Å²) in [5, 5.41) is 2.80. The fourth-order valence-corrected chi connectivity index (χ4v) is 2.10. The molecule has 17 heavy (non-hydrogen) atoms. The molecule has 0 unspecified atom stereocenters. The Hall–Kier alpha value is -1.95. The van der Waals surface area contributed by atoms with Gasteiger partial charge in [-0.05, 0) is 25.1 Å². The van der Waals surface area contributed by atoms with Gasteiger partial charge in [-0.25, -0.2) is 14.2 Å². The summed E-state index contributed by atoms with van der Waals surface area (Å²) < 4.78 is 18.3. The highest BCUT2D eigenvalue weighted by Crippen LogP contribution is 2.26. The van der Waals surface area contributed by atoms with Gasteiger partial charge in [-0.15, -0.1) is 0 Å². The summed E-state index contributed by atoms with van der Waals surface area (Å²) in [6.07, 6.45) is -0.656. The zero-order valence-corrected chi connectivity index (χ0v) is 9.81. The maximum atomic E-state index is 12.9. The van der Waals surface area contributed by atoms with E-state index in [0.717, 1.165) is 0 Å². The molecule has 1 heterocycles. The molecule has 0 saturated heterocycles. The molecule has 0 atom stereocenters. The van der Waals surface area contributed by atoms with Crippen LogP contribution in [0.4, 0.5) is 14.3 Å². The molecule has 0 spiro atoms. The largest absolute Gasteiger partial charge is 0.418 e. The number of nitrogens with one attached hydrogen (secondary N) is 1. The van der Waals surface area contributed by atoms with Crippen LogP contribution in [0.5, 0.6) is 0 Å². The molecule has 4 nitrogen and oxygen atoms in total. The average Bonchev–Trinajstić information content (AvgIpc) is 2.57. The molecule has 2 rings (SSSR count). The number of rotatable bonds is 2. The van der Waals surface area contributed by atoms with E-state index in [0.29, 0.717) is 15.3 Å². The molecule has 0 saturated carbocycles. The van der Waals surface area contributed by atoms with Gasteiger partial charge < -0.3 is 4.74 Å². The molecule has 88 valence electrons. The molecule has 1 aromatic carbocycles. The van der Waals surface area contributed by atoms with Gasteiger partial charge in [0, 0.05) is 0 Å². The van der Waals surface area contributed by atoms with Gasteiger partial charge in [-0.1, -0.05) is 17.9 Å². The minimum atomic E-state index is -0.656. The van der Waals surface area contributed by atoms with Crippen LogP contribution >= 0.6 is 11.3 Å². The van der Waals surface area contributed by atoms with Gasteiger partial charge in [0.2, 0.25) is 0 Å². The minimum Gasteiger partial charge on any atom is -0.416 e. The highest BCUT2D eigenvalue weighted by Gasteiger charge is 2.09. The van der Waals surface area contributed by atoms with Gasteiger partial charge in [0.25, 0.3) is 0 Å². The van der Waals surface area contributed by atoms with Crippen LogP contribution in [-0.2, 0) is 4.74 Å². The fraction of sp³-hybridized carbons (Fsp3) is 0.0909. The van der Waals surface area contributed by atoms with Crippen LogP contribution in [0, 0.1) is 5.82 Å². The van der Waals surface area contributed by atoms with Crippen LogP contribution in [0.1, 0.15) is 6.92 Å². The van der Waals surface area contributed by atoms with Crippen LogP contribution in [0.3, 0.4) is 0 Å². The summed E-state index contributed by atoms with van der Waals surface area (Å²) in [7, 11) is 0. The van der Waals surface area contributed by atoms with E-state index < -0.39 is 6.09 Å². The van der Waals surface area contributed by atoms with E-state index in [1.807, 2.05) is 0 Å². The quantitative estimate of drug-likeness (QED) is 0.832.